The fourth-order valence-corrected chi connectivity index (χ4v) is 0.956. The van der Waals surface area contributed by atoms with E-state index in [1.165, 1.54) is 7.11 Å². The maximum atomic E-state index is 10.4. The van der Waals surface area contributed by atoms with E-state index in [2.05, 4.69) is 14.7 Å². The molecule has 0 aliphatic carbocycles. The Morgan fingerprint density at radius 2 is 2.23 bits per heavy atom. The van der Waals surface area contributed by atoms with Crippen molar-refractivity contribution in [3.05, 3.63) is 15.3 Å². The van der Waals surface area contributed by atoms with Crippen LogP contribution in [0.15, 0.2) is 0 Å². The monoisotopic (exact) mass is 204 g/mol. The van der Waals surface area contributed by atoms with Crippen molar-refractivity contribution in [2.45, 2.75) is 0 Å². The molecule has 0 fully saturated rings. The van der Waals surface area contributed by atoms with E-state index in [-0.39, 0.29) is 17.0 Å². The Morgan fingerprint density at radius 1 is 1.62 bits per heavy atom. The molecule has 0 unspecified atom stereocenters. The predicted molar refractivity (Wildman–Crippen MR) is 44.7 cm³/mol. The average molecular weight is 205 g/mol. The quantitative estimate of drug-likeness (QED) is 0.430. The number of aromatic nitrogens is 2. The van der Waals surface area contributed by atoms with Crippen LogP contribution in [0, 0.1) is 10.1 Å². The van der Waals surface area contributed by atoms with Crippen LogP contribution < -0.4 is 10.5 Å². The number of ether oxygens (including phenoxy) is 1. The van der Waals surface area contributed by atoms with Gasteiger partial charge in [0.25, 0.3) is 0 Å². The van der Waals surface area contributed by atoms with E-state index in [4.69, 9.17) is 17.3 Å². The summed E-state index contributed by atoms with van der Waals surface area (Å²) in [6.07, 6.45) is 0. The molecule has 1 rings (SSSR count). The molecular weight excluding hydrogens is 200 g/mol. The second-order valence-corrected chi connectivity index (χ2v) is 2.35. The first kappa shape index (κ1) is 9.46. The van der Waals surface area contributed by atoms with Crippen LogP contribution in [0.2, 0.25) is 5.15 Å². The first-order valence-electron chi connectivity index (χ1n) is 3.07. The molecule has 0 spiro atoms. The summed E-state index contributed by atoms with van der Waals surface area (Å²) in [5, 5.41) is 10.1. The van der Waals surface area contributed by atoms with Crippen molar-refractivity contribution in [3.63, 3.8) is 0 Å². The molecule has 0 radical (unpaired) electrons. The second-order valence-electron chi connectivity index (χ2n) is 1.99. The van der Waals surface area contributed by atoms with Gasteiger partial charge in [0.1, 0.15) is 0 Å². The van der Waals surface area contributed by atoms with Gasteiger partial charge in [0.05, 0.1) is 12.0 Å². The molecule has 0 aliphatic heterocycles. The van der Waals surface area contributed by atoms with Crippen molar-refractivity contribution in [2.75, 3.05) is 12.8 Å². The lowest BCUT2D eigenvalue weighted by Crippen LogP contribution is -2.02. The smallest absolute Gasteiger partial charge is 0.367 e. The van der Waals surface area contributed by atoms with Crippen molar-refractivity contribution in [1.82, 2.24) is 9.97 Å². The second kappa shape index (κ2) is 3.40. The van der Waals surface area contributed by atoms with Crippen LogP contribution >= 0.6 is 11.6 Å². The summed E-state index contributed by atoms with van der Waals surface area (Å²) in [6.45, 7) is 0. The lowest BCUT2D eigenvalue weighted by Gasteiger charge is -2.01. The summed E-state index contributed by atoms with van der Waals surface area (Å²) in [5.41, 5.74) is 4.71. The molecule has 1 aromatic heterocycles. The zero-order valence-corrected chi connectivity index (χ0v) is 7.28. The molecule has 0 saturated carbocycles. The van der Waals surface area contributed by atoms with Crippen LogP contribution in [0.5, 0.6) is 5.88 Å². The Hall–Kier alpha value is -1.63. The van der Waals surface area contributed by atoms with Crippen LogP contribution in [-0.4, -0.2) is 22.0 Å². The summed E-state index contributed by atoms with van der Waals surface area (Å²) in [7, 11) is 1.23. The number of rotatable bonds is 2. The minimum absolute atomic E-state index is 0.174. The number of halogens is 1. The highest BCUT2D eigenvalue weighted by Crippen LogP contribution is 2.31. The van der Waals surface area contributed by atoms with Crippen molar-refractivity contribution in [2.24, 2.45) is 0 Å². The fourth-order valence-electron chi connectivity index (χ4n) is 0.719. The Kier molecular flexibility index (Phi) is 2.47. The van der Waals surface area contributed by atoms with Crippen molar-refractivity contribution in [3.8, 4) is 5.88 Å². The van der Waals surface area contributed by atoms with Gasteiger partial charge in [0.2, 0.25) is 11.1 Å². The molecule has 0 saturated heterocycles. The molecule has 1 aromatic rings. The van der Waals surface area contributed by atoms with Crippen LogP contribution in [0.1, 0.15) is 0 Å². The van der Waals surface area contributed by atoms with Crippen molar-refractivity contribution < 1.29 is 9.66 Å². The van der Waals surface area contributed by atoms with Crippen LogP contribution in [0.3, 0.4) is 0 Å². The van der Waals surface area contributed by atoms with E-state index >= 15 is 0 Å². The molecule has 0 bridgehead atoms. The lowest BCUT2D eigenvalue weighted by atomic mass is 10.5. The summed E-state index contributed by atoms with van der Waals surface area (Å²) in [6, 6.07) is 0. The number of nitrogens with two attached hydrogens (primary N) is 1. The Morgan fingerprint density at radius 3 is 2.69 bits per heavy atom. The van der Waals surface area contributed by atoms with E-state index in [0.29, 0.717) is 0 Å². The topological polar surface area (TPSA) is 104 Å². The molecule has 0 aliphatic rings. The summed E-state index contributed by atoms with van der Waals surface area (Å²) >= 11 is 5.46. The highest BCUT2D eigenvalue weighted by atomic mass is 35.5. The van der Waals surface area contributed by atoms with Gasteiger partial charge in [0, 0.05) is 0 Å². The number of nitrogens with zero attached hydrogens (tertiary/aromatic N) is 3. The standard InChI is InChI=1S/C5H5ClN4O3/c1-13-4-2(10(11)12)3(6)8-5(7)9-4/h1H3,(H2,7,8,9). The van der Waals surface area contributed by atoms with Gasteiger partial charge < -0.3 is 10.5 Å². The lowest BCUT2D eigenvalue weighted by molar-refractivity contribution is -0.386. The molecule has 13 heavy (non-hydrogen) atoms. The number of methoxy groups -OCH3 is 1. The minimum Gasteiger partial charge on any atom is -0.476 e. The predicted octanol–water partition coefficient (Wildman–Crippen LogP) is 0.629. The zero-order valence-electron chi connectivity index (χ0n) is 6.52. The van der Waals surface area contributed by atoms with Crippen molar-refractivity contribution in [1.29, 1.82) is 0 Å². The SMILES string of the molecule is COc1nc(N)nc(Cl)c1[N+](=O)[O-]. The average Bonchev–Trinajstić information content (AvgIpc) is 2.01. The maximum Gasteiger partial charge on any atom is 0.367 e. The first-order chi connectivity index (χ1) is 6.06. The third kappa shape index (κ3) is 1.75. The van der Waals surface area contributed by atoms with Gasteiger partial charge in [-0.25, -0.2) is 0 Å². The molecule has 7 nitrogen and oxygen atoms in total. The largest absolute Gasteiger partial charge is 0.476 e. The molecule has 70 valence electrons. The molecule has 0 amide bonds. The van der Waals surface area contributed by atoms with Gasteiger partial charge in [-0.3, -0.25) is 10.1 Å². The first-order valence-corrected chi connectivity index (χ1v) is 3.45. The van der Waals surface area contributed by atoms with Crippen molar-refractivity contribution >= 4 is 23.2 Å². The number of hydrogen-bond donors (Lipinski definition) is 1. The zero-order chi connectivity index (χ0) is 10.0. The molecule has 0 atom stereocenters. The van der Waals surface area contributed by atoms with Crippen LogP contribution in [0.25, 0.3) is 0 Å². The molecule has 8 heteroatoms. The maximum absolute atomic E-state index is 10.4. The van der Waals surface area contributed by atoms with E-state index in [1.807, 2.05) is 0 Å². The summed E-state index contributed by atoms with van der Waals surface area (Å²) < 4.78 is 4.61. The number of hydrogen-bond acceptors (Lipinski definition) is 6. The minimum atomic E-state index is -0.736. The summed E-state index contributed by atoms with van der Waals surface area (Å²) in [5.74, 6) is -0.421. The van der Waals surface area contributed by atoms with E-state index in [1.54, 1.807) is 0 Å². The number of nitro groups is 1. The Labute approximate surface area is 77.6 Å². The third-order valence-corrected chi connectivity index (χ3v) is 1.47. The van der Waals surface area contributed by atoms with Crippen LogP contribution in [0.4, 0.5) is 11.6 Å². The normalized spacial score (nSPS) is 9.69. The Balaban J connectivity index is 3.38. The third-order valence-electron chi connectivity index (χ3n) is 1.20. The van der Waals surface area contributed by atoms with Gasteiger partial charge in [-0.15, -0.1) is 0 Å². The van der Waals surface area contributed by atoms with Gasteiger partial charge in [-0.2, -0.15) is 9.97 Å². The highest BCUT2D eigenvalue weighted by molar-refractivity contribution is 6.31. The van der Waals surface area contributed by atoms with Gasteiger partial charge in [0.15, 0.2) is 0 Å². The number of nitrogen functional groups attached to an aromatic ring is 1. The Bertz CT molecular complexity index is 356. The van der Waals surface area contributed by atoms with E-state index in [0.717, 1.165) is 0 Å². The molecule has 0 aromatic carbocycles. The van der Waals surface area contributed by atoms with Gasteiger partial charge >= 0.3 is 11.6 Å². The van der Waals surface area contributed by atoms with Gasteiger partial charge in [-0.05, 0) is 0 Å². The van der Waals surface area contributed by atoms with E-state index < -0.39 is 10.6 Å². The highest BCUT2D eigenvalue weighted by Gasteiger charge is 2.23. The summed E-state index contributed by atoms with van der Waals surface area (Å²) in [4.78, 5) is 16.6. The molecule has 2 N–H and O–H groups in total. The van der Waals surface area contributed by atoms with Gasteiger partial charge in [-0.1, -0.05) is 11.6 Å². The number of anilines is 1. The van der Waals surface area contributed by atoms with Crippen LogP contribution in [-0.2, 0) is 0 Å². The molecule has 1 heterocycles. The fraction of sp³-hybridized carbons (Fsp3) is 0.200. The van der Waals surface area contributed by atoms with E-state index in [9.17, 15) is 10.1 Å². The molecular formula is C5H5ClN4O3.